The molecule has 1 atom stereocenters. The van der Waals surface area contributed by atoms with Crippen LogP contribution in [0.25, 0.3) is 0 Å². The molecule has 0 aliphatic carbocycles. The van der Waals surface area contributed by atoms with Crippen LogP contribution in [0.15, 0.2) is 34.7 Å². The molecule has 0 radical (unpaired) electrons. The van der Waals surface area contributed by atoms with E-state index in [1.54, 1.807) is 13.0 Å². The standard InChI is InChI=1S/C15H15F2NO3/c1-9(13-5-6-14(21-13)15(19)20-2)18-8-10-7-11(16)3-4-12(10)17/h3-7,9,18H,8H2,1-2H3. The summed E-state index contributed by atoms with van der Waals surface area (Å²) in [6.45, 7) is 1.93. The number of methoxy groups -OCH3 is 1. The van der Waals surface area contributed by atoms with Crippen LogP contribution in [0, 0.1) is 11.6 Å². The molecular formula is C15H15F2NO3. The van der Waals surface area contributed by atoms with Crippen molar-refractivity contribution in [2.45, 2.75) is 19.5 Å². The molecule has 2 rings (SSSR count). The van der Waals surface area contributed by atoms with Crippen molar-refractivity contribution in [1.29, 1.82) is 0 Å². The van der Waals surface area contributed by atoms with Gasteiger partial charge in [0.25, 0.3) is 0 Å². The van der Waals surface area contributed by atoms with Gasteiger partial charge in [0.15, 0.2) is 0 Å². The van der Waals surface area contributed by atoms with Crippen LogP contribution in [0.4, 0.5) is 8.78 Å². The van der Waals surface area contributed by atoms with Gasteiger partial charge in [-0.3, -0.25) is 0 Å². The minimum absolute atomic E-state index is 0.0955. The first-order valence-corrected chi connectivity index (χ1v) is 6.36. The van der Waals surface area contributed by atoms with Gasteiger partial charge in [0, 0.05) is 12.1 Å². The highest BCUT2D eigenvalue weighted by atomic mass is 19.1. The smallest absolute Gasteiger partial charge is 0.373 e. The molecule has 0 aliphatic heterocycles. The molecule has 0 spiro atoms. The Bertz CT molecular complexity index is 640. The maximum Gasteiger partial charge on any atom is 0.373 e. The number of ether oxygens (including phenoxy) is 1. The zero-order chi connectivity index (χ0) is 15.4. The molecule has 4 nitrogen and oxygen atoms in total. The van der Waals surface area contributed by atoms with Gasteiger partial charge in [-0.05, 0) is 37.3 Å². The molecular weight excluding hydrogens is 280 g/mol. The van der Waals surface area contributed by atoms with E-state index in [-0.39, 0.29) is 23.9 Å². The van der Waals surface area contributed by atoms with E-state index in [4.69, 9.17) is 4.42 Å². The summed E-state index contributed by atoms with van der Waals surface area (Å²) in [5.74, 6) is -0.937. The summed E-state index contributed by atoms with van der Waals surface area (Å²) in [7, 11) is 1.26. The highest BCUT2D eigenvalue weighted by Crippen LogP contribution is 2.18. The monoisotopic (exact) mass is 295 g/mol. The fraction of sp³-hybridized carbons (Fsp3) is 0.267. The molecule has 6 heteroatoms. The van der Waals surface area contributed by atoms with Crippen LogP contribution in [0.3, 0.4) is 0 Å². The van der Waals surface area contributed by atoms with Crippen molar-refractivity contribution in [3.63, 3.8) is 0 Å². The summed E-state index contributed by atoms with van der Waals surface area (Å²) >= 11 is 0. The number of hydrogen-bond acceptors (Lipinski definition) is 4. The zero-order valence-corrected chi connectivity index (χ0v) is 11.7. The van der Waals surface area contributed by atoms with Crippen molar-refractivity contribution in [1.82, 2.24) is 5.32 Å². The lowest BCUT2D eigenvalue weighted by molar-refractivity contribution is 0.0562. The average Bonchev–Trinajstić information content (AvgIpc) is 2.97. The van der Waals surface area contributed by atoms with Crippen LogP contribution in [-0.2, 0) is 11.3 Å². The van der Waals surface area contributed by atoms with Crippen LogP contribution < -0.4 is 5.32 Å². The third-order valence-electron chi connectivity index (χ3n) is 3.05. The first kappa shape index (κ1) is 15.2. The van der Waals surface area contributed by atoms with Gasteiger partial charge < -0.3 is 14.5 Å². The number of nitrogens with one attached hydrogen (secondary N) is 1. The molecule has 112 valence electrons. The summed E-state index contributed by atoms with van der Waals surface area (Å²) in [6.07, 6.45) is 0. The van der Waals surface area contributed by atoms with Crippen molar-refractivity contribution in [3.8, 4) is 0 Å². The average molecular weight is 295 g/mol. The van der Waals surface area contributed by atoms with Crippen molar-refractivity contribution < 1.29 is 22.7 Å². The summed E-state index contributed by atoms with van der Waals surface area (Å²) in [6, 6.07) is 6.15. The molecule has 1 heterocycles. The second kappa shape index (κ2) is 6.49. The lowest BCUT2D eigenvalue weighted by Gasteiger charge is -2.12. The Morgan fingerprint density at radius 2 is 2.10 bits per heavy atom. The predicted octanol–water partition coefficient (Wildman–Crippen LogP) is 3.20. The number of halogens is 2. The number of furan rings is 1. The van der Waals surface area contributed by atoms with Crippen molar-refractivity contribution >= 4 is 5.97 Å². The lowest BCUT2D eigenvalue weighted by atomic mass is 10.2. The summed E-state index contributed by atoms with van der Waals surface area (Å²) < 4.78 is 36.4. The molecule has 0 aliphatic rings. The minimum atomic E-state index is -0.565. The van der Waals surface area contributed by atoms with E-state index in [1.165, 1.54) is 13.2 Å². The number of esters is 1. The predicted molar refractivity (Wildman–Crippen MR) is 71.7 cm³/mol. The molecule has 0 saturated heterocycles. The third-order valence-corrected chi connectivity index (χ3v) is 3.05. The van der Waals surface area contributed by atoms with E-state index in [9.17, 15) is 13.6 Å². The van der Waals surface area contributed by atoms with Crippen molar-refractivity contribution in [2.24, 2.45) is 0 Å². The summed E-state index contributed by atoms with van der Waals surface area (Å²) in [5.41, 5.74) is 0.224. The van der Waals surface area contributed by atoms with Gasteiger partial charge in [0.2, 0.25) is 5.76 Å². The van der Waals surface area contributed by atoms with E-state index >= 15 is 0 Å². The normalized spacial score (nSPS) is 12.2. The molecule has 1 aromatic carbocycles. The van der Waals surface area contributed by atoms with E-state index in [1.807, 2.05) is 0 Å². The van der Waals surface area contributed by atoms with Gasteiger partial charge >= 0.3 is 5.97 Å². The maximum atomic E-state index is 13.5. The summed E-state index contributed by atoms with van der Waals surface area (Å²) in [4.78, 5) is 11.3. The van der Waals surface area contributed by atoms with Gasteiger partial charge in [0.05, 0.1) is 13.2 Å². The number of carbonyl (C=O) groups excluding carboxylic acids is 1. The van der Waals surface area contributed by atoms with E-state index in [0.717, 1.165) is 18.2 Å². The highest BCUT2D eigenvalue weighted by Gasteiger charge is 2.15. The molecule has 0 amide bonds. The van der Waals surface area contributed by atoms with Gasteiger partial charge in [-0.15, -0.1) is 0 Å². The molecule has 21 heavy (non-hydrogen) atoms. The van der Waals surface area contributed by atoms with Gasteiger partial charge in [-0.2, -0.15) is 0 Å². The molecule has 1 unspecified atom stereocenters. The van der Waals surface area contributed by atoms with Crippen LogP contribution in [-0.4, -0.2) is 13.1 Å². The quantitative estimate of drug-likeness (QED) is 0.861. The molecule has 1 aromatic heterocycles. The highest BCUT2D eigenvalue weighted by molar-refractivity contribution is 5.86. The Balaban J connectivity index is 2.01. The number of hydrogen-bond donors (Lipinski definition) is 1. The van der Waals surface area contributed by atoms with Gasteiger partial charge in [-0.25, -0.2) is 13.6 Å². The molecule has 0 fully saturated rings. The Morgan fingerprint density at radius 1 is 1.33 bits per heavy atom. The van der Waals surface area contributed by atoms with E-state index in [2.05, 4.69) is 10.1 Å². The van der Waals surface area contributed by atoms with Crippen molar-refractivity contribution in [3.05, 3.63) is 59.1 Å². The van der Waals surface area contributed by atoms with Crippen LogP contribution in [0.2, 0.25) is 0 Å². The van der Waals surface area contributed by atoms with Crippen LogP contribution >= 0.6 is 0 Å². The number of rotatable bonds is 5. The largest absolute Gasteiger partial charge is 0.463 e. The van der Waals surface area contributed by atoms with Crippen LogP contribution in [0.1, 0.15) is 34.8 Å². The van der Waals surface area contributed by atoms with E-state index < -0.39 is 17.6 Å². The topological polar surface area (TPSA) is 51.5 Å². The second-order valence-electron chi connectivity index (χ2n) is 4.53. The minimum Gasteiger partial charge on any atom is -0.463 e. The fourth-order valence-electron chi connectivity index (χ4n) is 1.84. The third kappa shape index (κ3) is 3.66. The molecule has 2 aromatic rings. The Morgan fingerprint density at radius 3 is 2.81 bits per heavy atom. The second-order valence-corrected chi connectivity index (χ2v) is 4.53. The fourth-order valence-corrected chi connectivity index (χ4v) is 1.84. The maximum absolute atomic E-state index is 13.5. The van der Waals surface area contributed by atoms with Gasteiger partial charge in [-0.1, -0.05) is 0 Å². The molecule has 0 bridgehead atoms. The lowest BCUT2D eigenvalue weighted by Crippen LogP contribution is -2.18. The molecule has 1 N–H and O–H groups in total. The summed E-state index contributed by atoms with van der Waals surface area (Å²) in [5, 5.41) is 3.00. The van der Waals surface area contributed by atoms with Gasteiger partial charge in [0.1, 0.15) is 17.4 Å². The SMILES string of the molecule is COC(=O)c1ccc(C(C)NCc2cc(F)ccc2F)o1. The Labute approximate surface area is 120 Å². The Kier molecular flexibility index (Phi) is 4.70. The number of benzene rings is 1. The van der Waals surface area contributed by atoms with Crippen LogP contribution in [0.5, 0.6) is 0 Å². The molecule has 0 saturated carbocycles. The zero-order valence-electron chi connectivity index (χ0n) is 11.7. The van der Waals surface area contributed by atoms with Crippen molar-refractivity contribution in [2.75, 3.05) is 7.11 Å². The first-order chi connectivity index (χ1) is 10.0. The first-order valence-electron chi connectivity index (χ1n) is 6.36. The number of carbonyl (C=O) groups is 1. The van der Waals surface area contributed by atoms with E-state index in [0.29, 0.717) is 5.76 Å². The Hall–Kier alpha value is -2.21.